The van der Waals surface area contributed by atoms with Gasteiger partial charge in [-0.2, -0.15) is 0 Å². The van der Waals surface area contributed by atoms with Crippen LogP contribution in [0.25, 0.3) is 0 Å². The summed E-state index contributed by atoms with van der Waals surface area (Å²) in [5.74, 6) is -1.81. The van der Waals surface area contributed by atoms with Crippen LogP contribution in [0.3, 0.4) is 0 Å². The molecule has 1 saturated carbocycles. The topological polar surface area (TPSA) is 105 Å². The monoisotopic (exact) mass is 404 g/mol. The van der Waals surface area contributed by atoms with Crippen LogP contribution in [0.4, 0.5) is 0 Å². The van der Waals surface area contributed by atoms with Crippen LogP contribution in [0.1, 0.15) is 49.4 Å². The van der Waals surface area contributed by atoms with Crippen LogP contribution in [0.5, 0.6) is 11.5 Å². The number of hydrogen-bond acceptors (Lipinski definition) is 8. The molecule has 0 aromatic heterocycles. The number of esters is 3. The van der Waals surface area contributed by atoms with E-state index in [0.29, 0.717) is 0 Å². The maximum atomic E-state index is 12.3. The second-order valence-electron chi connectivity index (χ2n) is 6.68. The molecule has 2 rings (SSSR count). The summed E-state index contributed by atoms with van der Waals surface area (Å²) in [6.07, 6.45) is 4.64. The Morgan fingerprint density at radius 1 is 1.10 bits per heavy atom. The van der Waals surface area contributed by atoms with Crippen LogP contribution in [-0.2, 0) is 23.9 Å². The molecule has 1 aromatic rings. The third kappa shape index (κ3) is 6.74. The molecule has 8 heteroatoms. The lowest BCUT2D eigenvalue weighted by molar-refractivity contribution is -0.140. The van der Waals surface area contributed by atoms with Gasteiger partial charge >= 0.3 is 17.9 Å². The lowest BCUT2D eigenvalue weighted by Crippen LogP contribution is -2.23. The van der Waals surface area contributed by atoms with Crippen molar-refractivity contribution >= 4 is 24.4 Å². The molecule has 0 N–H and O–H groups in total. The molecule has 1 aromatic carbocycles. The molecule has 0 atom stereocenters. The number of benzene rings is 1. The largest absolute Gasteiger partial charge is 0.459 e. The molecule has 1 aliphatic carbocycles. The van der Waals surface area contributed by atoms with Crippen molar-refractivity contribution in [2.75, 3.05) is 13.2 Å². The van der Waals surface area contributed by atoms with Crippen molar-refractivity contribution < 1.29 is 38.1 Å². The summed E-state index contributed by atoms with van der Waals surface area (Å²) in [7, 11) is 0. The lowest BCUT2D eigenvalue weighted by atomic mass is 9.89. The highest BCUT2D eigenvalue weighted by Gasteiger charge is 2.24. The Labute approximate surface area is 168 Å². The highest BCUT2D eigenvalue weighted by atomic mass is 16.6. The third-order valence-corrected chi connectivity index (χ3v) is 4.40. The summed E-state index contributed by atoms with van der Waals surface area (Å²) < 4.78 is 20.1. The summed E-state index contributed by atoms with van der Waals surface area (Å²) in [6.45, 7) is 4.76. The average Bonchev–Trinajstić information content (AvgIpc) is 2.72. The van der Waals surface area contributed by atoms with Crippen LogP contribution >= 0.6 is 0 Å². The van der Waals surface area contributed by atoms with Crippen LogP contribution in [-0.4, -0.2) is 37.6 Å². The predicted octanol–water partition coefficient (Wildman–Crippen LogP) is 2.98. The van der Waals surface area contributed by atoms with E-state index in [0.717, 1.165) is 32.1 Å². The number of carbonyl (C=O) groups excluding carboxylic acids is 4. The molecule has 0 aliphatic heterocycles. The molecule has 29 heavy (non-hydrogen) atoms. The summed E-state index contributed by atoms with van der Waals surface area (Å²) in [5, 5.41) is 0. The molecule has 0 unspecified atom stereocenters. The molecule has 1 fully saturated rings. The minimum atomic E-state index is -0.816. The zero-order valence-electron chi connectivity index (χ0n) is 16.3. The van der Waals surface area contributed by atoms with E-state index in [1.54, 1.807) is 0 Å². The van der Waals surface area contributed by atoms with Crippen molar-refractivity contribution in [2.24, 2.45) is 5.92 Å². The molecule has 0 heterocycles. The maximum Gasteiger partial charge on any atom is 0.342 e. The molecule has 0 spiro atoms. The first-order valence-corrected chi connectivity index (χ1v) is 9.38. The number of rotatable bonds is 9. The van der Waals surface area contributed by atoms with Gasteiger partial charge in [-0.05, 0) is 38.0 Å². The molecule has 0 saturated heterocycles. The second kappa shape index (κ2) is 11.0. The van der Waals surface area contributed by atoms with Gasteiger partial charge in [0.25, 0.3) is 6.47 Å². The van der Waals surface area contributed by atoms with E-state index in [2.05, 4.69) is 6.58 Å². The molecule has 0 bridgehead atoms. The average molecular weight is 404 g/mol. The fourth-order valence-corrected chi connectivity index (χ4v) is 2.89. The first-order chi connectivity index (χ1) is 13.9. The van der Waals surface area contributed by atoms with Crippen molar-refractivity contribution in [1.82, 2.24) is 0 Å². The van der Waals surface area contributed by atoms with E-state index in [4.69, 9.17) is 18.9 Å². The van der Waals surface area contributed by atoms with Gasteiger partial charge in [0, 0.05) is 5.57 Å². The van der Waals surface area contributed by atoms with Crippen molar-refractivity contribution in [3.63, 3.8) is 0 Å². The van der Waals surface area contributed by atoms with Crippen molar-refractivity contribution in [3.05, 3.63) is 35.9 Å². The first kappa shape index (κ1) is 22.1. The van der Waals surface area contributed by atoms with E-state index in [1.165, 1.54) is 25.1 Å². The normalized spacial score (nSPS) is 13.8. The molecule has 0 radical (unpaired) electrons. The van der Waals surface area contributed by atoms with Crippen molar-refractivity contribution in [2.45, 2.75) is 39.0 Å². The second-order valence-corrected chi connectivity index (χ2v) is 6.68. The Kier molecular flexibility index (Phi) is 8.39. The number of hydrogen-bond donors (Lipinski definition) is 0. The number of ether oxygens (including phenoxy) is 4. The fraction of sp³-hybridized carbons (Fsp3) is 0.429. The summed E-state index contributed by atoms with van der Waals surface area (Å²) in [5.41, 5.74) is 0.141. The molecule has 1 aliphatic rings. The summed E-state index contributed by atoms with van der Waals surface area (Å²) in [6, 6.07) is 4.06. The standard InChI is InChI=1S/C21H24O8/c1-14(2)19(23)26-10-11-27-21(25)17-12-16(8-9-18(17)28-13-22)29-20(24)15-6-4-3-5-7-15/h8-9,12-13,15H,1,3-7,10-11H2,2H3. The van der Waals surface area contributed by atoms with E-state index >= 15 is 0 Å². The van der Waals surface area contributed by atoms with Crippen molar-refractivity contribution in [3.8, 4) is 11.5 Å². The first-order valence-electron chi connectivity index (χ1n) is 9.38. The third-order valence-electron chi connectivity index (χ3n) is 4.40. The van der Waals surface area contributed by atoms with Gasteiger partial charge in [0.2, 0.25) is 0 Å². The molecule has 156 valence electrons. The van der Waals surface area contributed by atoms with Crippen LogP contribution < -0.4 is 9.47 Å². The van der Waals surface area contributed by atoms with Gasteiger partial charge in [-0.3, -0.25) is 9.59 Å². The van der Waals surface area contributed by atoms with Gasteiger partial charge in [-0.15, -0.1) is 0 Å². The van der Waals surface area contributed by atoms with Crippen LogP contribution in [0.2, 0.25) is 0 Å². The maximum absolute atomic E-state index is 12.3. The van der Waals surface area contributed by atoms with E-state index in [1.807, 2.05) is 0 Å². The zero-order chi connectivity index (χ0) is 21.2. The fourth-order valence-electron chi connectivity index (χ4n) is 2.89. The highest BCUT2D eigenvalue weighted by Crippen LogP contribution is 2.28. The Hall–Kier alpha value is -3.16. The minimum absolute atomic E-state index is 0.0404. The van der Waals surface area contributed by atoms with Gasteiger partial charge in [-0.1, -0.05) is 25.8 Å². The van der Waals surface area contributed by atoms with Crippen LogP contribution in [0.15, 0.2) is 30.4 Å². The molecule has 8 nitrogen and oxygen atoms in total. The Morgan fingerprint density at radius 3 is 2.45 bits per heavy atom. The minimum Gasteiger partial charge on any atom is -0.459 e. The SMILES string of the molecule is C=C(C)C(=O)OCCOC(=O)c1cc(OC(=O)C2CCCCC2)ccc1OC=O. The van der Waals surface area contributed by atoms with Gasteiger partial charge in [0.05, 0.1) is 5.92 Å². The van der Waals surface area contributed by atoms with Gasteiger partial charge in [0.1, 0.15) is 30.3 Å². The lowest BCUT2D eigenvalue weighted by Gasteiger charge is -2.20. The predicted molar refractivity (Wildman–Crippen MR) is 101 cm³/mol. The Balaban J connectivity index is 2.01. The van der Waals surface area contributed by atoms with Crippen LogP contribution in [0, 0.1) is 5.92 Å². The van der Waals surface area contributed by atoms with Gasteiger partial charge in [0.15, 0.2) is 0 Å². The zero-order valence-corrected chi connectivity index (χ0v) is 16.3. The molecular weight excluding hydrogens is 380 g/mol. The van der Waals surface area contributed by atoms with Gasteiger partial charge < -0.3 is 18.9 Å². The smallest absolute Gasteiger partial charge is 0.342 e. The van der Waals surface area contributed by atoms with Gasteiger partial charge in [-0.25, -0.2) is 9.59 Å². The summed E-state index contributed by atoms with van der Waals surface area (Å²) >= 11 is 0. The van der Waals surface area contributed by atoms with E-state index in [-0.39, 0.29) is 54.2 Å². The van der Waals surface area contributed by atoms with Crippen molar-refractivity contribution in [1.29, 1.82) is 0 Å². The molecule has 0 amide bonds. The Morgan fingerprint density at radius 2 is 1.79 bits per heavy atom. The van der Waals surface area contributed by atoms with E-state index in [9.17, 15) is 19.2 Å². The van der Waals surface area contributed by atoms with E-state index < -0.39 is 11.9 Å². The quantitative estimate of drug-likeness (QED) is 0.203. The number of carbonyl (C=O) groups is 4. The highest BCUT2D eigenvalue weighted by molar-refractivity contribution is 5.93. The molecular formula is C21H24O8. The Bertz CT molecular complexity index is 777. The summed E-state index contributed by atoms with van der Waals surface area (Å²) in [4.78, 5) is 46.6.